The number of amides is 1. The molecule has 0 saturated heterocycles. The zero-order valence-electron chi connectivity index (χ0n) is 8.58. The third-order valence-corrected chi connectivity index (χ3v) is 2.27. The Morgan fingerprint density at radius 2 is 2.40 bits per heavy atom. The van der Waals surface area contributed by atoms with E-state index in [2.05, 4.69) is 5.32 Å². The molecule has 4 nitrogen and oxygen atoms in total. The van der Waals surface area contributed by atoms with Crippen LogP contribution in [-0.2, 0) is 16.0 Å². The molecule has 0 unspecified atom stereocenters. The van der Waals surface area contributed by atoms with Crippen LogP contribution in [0.4, 0.5) is 5.69 Å². The first-order chi connectivity index (χ1) is 7.29. The highest BCUT2D eigenvalue weighted by Crippen LogP contribution is 2.28. The summed E-state index contributed by atoms with van der Waals surface area (Å²) in [4.78, 5) is 11.1. The molecule has 1 N–H and O–H groups in total. The van der Waals surface area contributed by atoms with Gasteiger partial charge in [-0.15, -0.1) is 0 Å². The van der Waals surface area contributed by atoms with Gasteiger partial charge in [0, 0.05) is 7.11 Å². The summed E-state index contributed by atoms with van der Waals surface area (Å²) in [7, 11) is 1.67. The van der Waals surface area contributed by atoms with Gasteiger partial charge >= 0.3 is 0 Å². The summed E-state index contributed by atoms with van der Waals surface area (Å²) in [6.07, 6.45) is 0.833. The van der Waals surface area contributed by atoms with Crippen molar-refractivity contribution in [3.05, 3.63) is 23.8 Å². The minimum Gasteiger partial charge on any atom is -0.482 e. The van der Waals surface area contributed by atoms with E-state index >= 15 is 0 Å². The highest BCUT2D eigenvalue weighted by atomic mass is 16.5. The van der Waals surface area contributed by atoms with E-state index in [-0.39, 0.29) is 12.5 Å². The first-order valence-electron chi connectivity index (χ1n) is 4.84. The van der Waals surface area contributed by atoms with Gasteiger partial charge in [-0.05, 0) is 24.1 Å². The summed E-state index contributed by atoms with van der Waals surface area (Å²) in [5, 5.41) is 2.77. The van der Waals surface area contributed by atoms with Gasteiger partial charge in [-0.2, -0.15) is 0 Å². The Balaban J connectivity index is 2.17. The second-order valence-corrected chi connectivity index (χ2v) is 3.41. The number of methoxy groups -OCH3 is 1. The Labute approximate surface area is 88.2 Å². The van der Waals surface area contributed by atoms with Crippen LogP contribution in [0.5, 0.6) is 5.75 Å². The predicted molar refractivity (Wildman–Crippen MR) is 56.1 cm³/mol. The van der Waals surface area contributed by atoms with E-state index in [1.54, 1.807) is 7.11 Å². The van der Waals surface area contributed by atoms with Crippen LogP contribution >= 0.6 is 0 Å². The Morgan fingerprint density at radius 3 is 3.20 bits per heavy atom. The van der Waals surface area contributed by atoms with Crippen LogP contribution in [0.25, 0.3) is 0 Å². The third kappa shape index (κ3) is 2.27. The molecule has 1 aromatic rings. The van der Waals surface area contributed by atoms with Gasteiger partial charge in [0.05, 0.1) is 12.3 Å². The number of hydrogen-bond donors (Lipinski definition) is 1. The summed E-state index contributed by atoms with van der Waals surface area (Å²) in [6, 6.07) is 5.78. The topological polar surface area (TPSA) is 47.6 Å². The molecule has 0 saturated carbocycles. The monoisotopic (exact) mass is 207 g/mol. The standard InChI is InChI=1S/C11H13NO3/c1-14-5-4-8-2-3-10-9(6-8)12-11(13)7-15-10/h2-3,6H,4-5,7H2,1H3,(H,12,13). The maximum atomic E-state index is 11.1. The van der Waals surface area contributed by atoms with Crippen molar-refractivity contribution < 1.29 is 14.3 Å². The van der Waals surface area contributed by atoms with E-state index in [0.29, 0.717) is 6.61 Å². The minimum atomic E-state index is -0.105. The van der Waals surface area contributed by atoms with Crippen molar-refractivity contribution in [1.82, 2.24) is 0 Å². The fourth-order valence-corrected chi connectivity index (χ4v) is 1.51. The molecule has 0 radical (unpaired) electrons. The molecule has 15 heavy (non-hydrogen) atoms. The maximum Gasteiger partial charge on any atom is 0.262 e. The van der Waals surface area contributed by atoms with Gasteiger partial charge in [0.25, 0.3) is 5.91 Å². The summed E-state index contributed by atoms with van der Waals surface area (Å²) < 4.78 is 10.2. The van der Waals surface area contributed by atoms with Crippen LogP contribution in [0.3, 0.4) is 0 Å². The molecule has 80 valence electrons. The third-order valence-electron chi connectivity index (χ3n) is 2.27. The molecule has 0 aliphatic carbocycles. The number of ether oxygens (including phenoxy) is 2. The lowest BCUT2D eigenvalue weighted by molar-refractivity contribution is -0.118. The van der Waals surface area contributed by atoms with Gasteiger partial charge in [0.2, 0.25) is 0 Å². The Hall–Kier alpha value is -1.55. The molecule has 0 bridgehead atoms. The largest absolute Gasteiger partial charge is 0.482 e. The van der Waals surface area contributed by atoms with E-state index < -0.39 is 0 Å². The summed E-state index contributed by atoms with van der Waals surface area (Å²) in [5.74, 6) is 0.627. The van der Waals surface area contributed by atoms with Crippen LogP contribution < -0.4 is 10.1 Å². The summed E-state index contributed by atoms with van der Waals surface area (Å²) >= 11 is 0. The van der Waals surface area contributed by atoms with Gasteiger partial charge < -0.3 is 14.8 Å². The van der Waals surface area contributed by atoms with Gasteiger partial charge in [0.1, 0.15) is 5.75 Å². The van der Waals surface area contributed by atoms with Gasteiger partial charge in [-0.1, -0.05) is 6.07 Å². The van der Waals surface area contributed by atoms with Crippen molar-refractivity contribution in [3.63, 3.8) is 0 Å². The Morgan fingerprint density at radius 1 is 1.53 bits per heavy atom. The first-order valence-corrected chi connectivity index (χ1v) is 4.84. The minimum absolute atomic E-state index is 0.102. The van der Waals surface area contributed by atoms with Gasteiger partial charge in [-0.25, -0.2) is 0 Å². The van der Waals surface area contributed by atoms with E-state index in [4.69, 9.17) is 9.47 Å². The number of fused-ring (bicyclic) bond motifs is 1. The number of carbonyl (C=O) groups is 1. The highest BCUT2D eigenvalue weighted by Gasteiger charge is 2.15. The molecule has 1 amide bonds. The normalized spacial score (nSPS) is 14.1. The quantitative estimate of drug-likeness (QED) is 0.810. The molecule has 1 heterocycles. The number of carbonyl (C=O) groups excluding carboxylic acids is 1. The number of nitrogens with one attached hydrogen (secondary N) is 1. The van der Waals surface area contributed by atoms with Crippen LogP contribution in [0.2, 0.25) is 0 Å². The van der Waals surface area contributed by atoms with Crippen LogP contribution in [-0.4, -0.2) is 26.2 Å². The second-order valence-electron chi connectivity index (χ2n) is 3.41. The molecule has 0 spiro atoms. The molecule has 1 aromatic carbocycles. The van der Waals surface area contributed by atoms with Crippen molar-refractivity contribution in [3.8, 4) is 5.75 Å². The molecular formula is C11H13NO3. The molecule has 0 aromatic heterocycles. The molecule has 4 heteroatoms. The molecular weight excluding hydrogens is 194 g/mol. The smallest absolute Gasteiger partial charge is 0.262 e. The Bertz CT molecular complexity index is 376. The fraction of sp³-hybridized carbons (Fsp3) is 0.364. The number of hydrogen-bond acceptors (Lipinski definition) is 3. The van der Waals surface area contributed by atoms with Crippen LogP contribution in [0.1, 0.15) is 5.56 Å². The summed E-state index contributed by atoms with van der Waals surface area (Å²) in [6.45, 7) is 0.776. The van der Waals surface area contributed by atoms with E-state index in [9.17, 15) is 4.79 Å². The molecule has 1 aliphatic rings. The van der Waals surface area contributed by atoms with Crippen LogP contribution in [0, 0.1) is 0 Å². The number of rotatable bonds is 3. The Kier molecular flexibility index (Phi) is 2.87. The van der Waals surface area contributed by atoms with E-state index in [0.717, 1.165) is 23.4 Å². The number of benzene rings is 1. The SMILES string of the molecule is COCCc1ccc2c(c1)NC(=O)CO2. The molecule has 2 rings (SSSR count). The molecule has 1 aliphatic heterocycles. The summed E-state index contributed by atoms with van der Waals surface area (Å²) in [5.41, 5.74) is 1.88. The van der Waals surface area contributed by atoms with Gasteiger partial charge in [0.15, 0.2) is 6.61 Å². The van der Waals surface area contributed by atoms with E-state index in [1.165, 1.54) is 0 Å². The zero-order valence-corrected chi connectivity index (χ0v) is 8.58. The maximum absolute atomic E-state index is 11.1. The van der Waals surface area contributed by atoms with Crippen molar-refractivity contribution in [2.45, 2.75) is 6.42 Å². The average molecular weight is 207 g/mol. The fourth-order valence-electron chi connectivity index (χ4n) is 1.51. The lowest BCUT2D eigenvalue weighted by Gasteiger charge is -2.18. The molecule has 0 atom stereocenters. The lowest BCUT2D eigenvalue weighted by Crippen LogP contribution is -2.25. The zero-order chi connectivity index (χ0) is 10.7. The first kappa shape index (κ1) is 9.98. The average Bonchev–Trinajstić information content (AvgIpc) is 2.25. The second kappa shape index (κ2) is 4.31. The van der Waals surface area contributed by atoms with Crippen molar-refractivity contribution in [1.29, 1.82) is 0 Å². The highest BCUT2D eigenvalue weighted by molar-refractivity contribution is 5.95. The lowest BCUT2D eigenvalue weighted by atomic mass is 10.1. The predicted octanol–water partition coefficient (Wildman–Crippen LogP) is 1.21. The van der Waals surface area contributed by atoms with Crippen molar-refractivity contribution >= 4 is 11.6 Å². The van der Waals surface area contributed by atoms with Gasteiger partial charge in [-0.3, -0.25) is 4.79 Å². The van der Waals surface area contributed by atoms with Crippen LogP contribution in [0.15, 0.2) is 18.2 Å². The van der Waals surface area contributed by atoms with Crippen molar-refractivity contribution in [2.24, 2.45) is 0 Å². The van der Waals surface area contributed by atoms with E-state index in [1.807, 2.05) is 18.2 Å². The van der Waals surface area contributed by atoms with Crippen molar-refractivity contribution in [2.75, 3.05) is 25.6 Å². The number of anilines is 1. The molecule has 0 fully saturated rings.